The second-order valence-electron chi connectivity index (χ2n) is 7.75. The Labute approximate surface area is 147 Å². The average molecular weight is 335 g/mol. The summed E-state index contributed by atoms with van der Waals surface area (Å²) >= 11 is 0. The van der Waals surface area contributed by atoms with E-state index < -0.39 is 0 Å². The van der Waals surface area contributed by atoms with Crippen molar-refractivity contribution in [2.45, 2.75) is 91.1 Å². The molecule has 136 valence electrons. The number of aryl methyl sites for hydroxylation is 1. The van der Waals surface area contributed by atoms with Crippen molar-refractivity contribution in [2.24, 2.45) is 0 Å². The maximum atomic E-state index is 12.0. The van der Waals surface area contributed by atoms with Crippen molar-refractivity contribution in [1.29, 1.82) is 0 Å². The minimum absolute atomic E-state index is 0.000639. The molecular formula is C21H34O3. The van der Waals surface area contributed by atoms with E-state index in [2.05, 4.69) is 27.7 Å². The van der Waals surface area contributed by atoms with E-state index in [1.807, 2.05) is 19.1 Å². The minimum Gasteiger partial charge on any atom is -0.508 e. The number of esters is 1. The molecule has 3 nitrogen and oxygen atoms in total. The number of benzene rings is 1. The van der Waals surface area contributed by atoms with Crippen LogP contribution in [0.3, 0.4) is 0 Å². The number of ether oxygens (including phenoxy) is 1. The first-order valence-corrected chi connectivity index (χ1v) is 9.26. The van der Waals surface area contributed by atoms with Crippen LogP contribution in [-0.4, -0.2) is 17.2 Å². The van der Waals surface area contributed by atoms with Crippen LogP contribution >= 0.6 is 0 Å². The van der Waals surface area contributed by atoms with Gasteiger partial charge in [0.15, 0.2) is 0 Å². The van der Waals surface area contributed by atoms with Gasteiger partial charge in [-0.3, -0.25) is 4.79 Å². The molecule has 0 spiro atoms. The highest BCUT2D eigenvalue weighted by Gasteiger charge is 2.18. The summed E-state index contributed by atoms with van der Waals surface area (Å²) in [5.74, 6) is 0.179. The number of unbranched alkanes of at least 4 members (excludes halogenated alkanes) is 3. The lowest BCUT2D eigenvalue weighted by atomic mass is 9.85. The third-order valence-electron chi connectivity index (χ3n) is 4.28. The van der Waals surface area contributed by atoms with Crippen molar-refractivity contribution in [3.63, 3.8) is 0 Å². The van der Waals surface area contributed by atoms with Gasteiger partial charge in [0.1, 0.15) is 5.75 Å². The van der Waals surface area contributed by atoms with Gasteiger partial charge in [-0.05, 0) is 48.8 Å². The minimum atomic E-state index is -0.136. The van der Waals surface area contributed by atoms with Gasteiger partial charge >= 0.3 is 5.97 Å². The molecule has 0 radical (unpaired) electrons. The van der Waals surface area contributed by atoms with Crippen LogP contribution in [0.25, 0.3) is 0 Å². The first-order valence-electron chi connectivity index (χ1n) is 9.26. The van der Waals surface area contributed by atoms with E-state index in [0.717, 1.165) is 24.0 Å². The molecule has 1 unspecified atom stereocenters. The van der Waals surface area contributed by atoms with Gasteiger partial charge in [0.05, 0.1) is 6.10 Å². The molecule has 24 heavy (non-hydrogen) atoms. The molecule has 0 aliphatic rings. The van der Waals surface area contributed by atoms with Crippen LogP contribution in [0.15, 0.2) is 18.2 Å². The number of rotatable bonds is 9. The summed E-state index contributed by atoms with van der Waals surface area (Å²) < 4.78 is 5.49. The van der Waals surface area contributed by atoms with Gasteiger partial charge in [-0.1, -0.05) is 59.1 Å². The van der Waals surface area contributed by atoms with E-state index in [1.165, 1.54) is 19.3 Å². The molecule has 0 bridgehead atoms. The second kappa shape index (κ2) is 9.71. The summed E-state index contributed by atoms with van der Waals surface area (Å²) in [6.07, 6.45) is 6.77. The third-order valence-corrected chi connectivity index (χ3v) is 4.28. The van der Waals surface area contributed by atoms with Gasteiger partial charge in [-0.15, -0.1) is 0 Å². The molecule has 0 aromatic heterocycles. The molecule has 0 heterocycles. The van der Waals surface area contributed by atoms with Crippen LogP contribution in [-0.2, 0) is 21.4 Å². The zero-order valence-corrected chi connectivity index (χ0v) is 16.0. The Bertz CT molecular complexity index is 514. The fraction of sp³-hybridized carbons (Fsp3) is 0.667. The van der Waals surface area contributed by atoms with Gasteiger partial charge in [0, 0.05) is 6.42 Å². The van der Waals surface area contributed by atoms with Crippen molar-refractivity contribution in [3.8, 4) is 5.75 Å². The highest BCUT2D eigenvalue weighted by molar-refractivity contribution is 5.70. The van der Waals surface area contributed by atoms with Crippen LogP contribution in [0.4, 0.5) is 0 Å². The fourth-order valence-electron chi connectivity index (χ4n) is 2.79. The highest BCUT2D eigenvalue weighted by atomic mass is 16.5. The van der Waals surface area contributed by atoms with Crippen molar-refractivity contribution >= 4 is 5.97 Å². The number of phenols is 1. The van der Waals surface area contributed by atoms with Crippen molar-refractivity contribution in [3.05, 3.63) is 29.3 Å². The normalized spacial score (nSPS) is 12.9. The highest BCUT2D eigenvalue weighted by Crippen LogP contribution is 2.31. The number of hydrogen-bond acceptors (Lipinski definition) is 3. The van der Waals surface area contributed by atoms with Gasteiger partial charge < -0.3 is 9.84 Å². The molecule has 0 aliphatic carbocycles. The van der Waals surface area contributed by atoms with Gasteiger partial charge in [-0.2, -0.15) is 0 Å². The standard InChI is InChI=1S/C21H34O3/c1-6-7-8-9-10-16(2)24-20(23)14-12-17-11-13-19(22)18(15-17)21(3,4)5/h11,13,15-16,22H,6-10,12,14H2,1-5H3. The van der Waals surface area contributed by atoms with Crippen molar-refractivity contribution < 1.29 is 14.6 Å². The Kier molecular flexibility index (Phi) is 8.30. The van der Waals surface area contributed by atoms with Crippen LogP contribution in [0.5, 0.6) is 5.75 Å². The number of carbonyl (C=O) groups is 1. The van der Waals surface area contributed by atoms with E-state index >= 15 is 0 Å². The zero-order chi connectivity index (χ0) is 18.2. The predicted molar refractivity (Wildman–Crippen MR) is 99.4 cm³/mol. The molecule has 3 heteroatoms. The van der Waals surface area contributed by atoms with Crippen LogP contribution in [0.2, 0.25) is 0 Å². The number of phenolic OH excluding ortho intramolecular Hbond substituents is 1. The smallest absolute Gasteiger partial charge is 0.306 e. The number of carbonyl (C=O) groups excluding carboxylic acids is 1. The maximum absolute atomic E-state index is 12.0. The van der Waals surface area contributed by atoms with Crippen LogP contribution in [0, 0.1) is 0 Å². The Morgan fingerprint density at radius 1 is 1.21 bits per heavy atom. The lowest BCUT2D eigenvalue weighted by molar-refractivity contribution is -0.148. The molecule has 1 N–H and O–H groups in total. The molecule has 1 aromatic carbocycles. The largest absolute Gasteiger partial charge is 0.508 e. The van der Waals surface area contributed by atoms with Crippen molar-refractivity contribution in [1.82, 2.24) is 0 Å². The second-order valence-corrected chi connectivity index (χ2v) is 7.75. The molecule has 0 fully saturated rings. The van der Waals surface area contributed by atoms with Crippen molar-refractivity contribution in [2.75, 3.05) is 0 Å². The first kappa shape index (κ1) is 20.5. The Morgan fingerprint density at radius 3 is 2.54 bits per heavy atom. The Morgan fingerprint density at radius 2 is 1.92 bits per heavy atom. The van der Waals surface area contributed by atoms with Crippen LogP contribution in [0.1, 0.15) is 84.3 Å². The topological polar surface area (TPSA) is 46.5 Å². The molecule has 1 rings (SSSR count). The quantitative estimate of drug-likeness (QED) is 0.477. The summed E-state index contributed by atoms with van der Waals surface area (Å²) in [4.78, 5) is 12.0. The van der Waals surface area contributed by atoms with Crippen LogP contribution < -0.4 is 0 Å². The molecule has 0 amide bonds. The average Bonchev–Trinajstić information content (AvgIpc) is 2.49. The van der Waals surface area contributed by atoms with E-state index in [1.54, 1.807) is 6.07 Å². The number of hydrogen-bond donors (Lipinski definition) is 1. The van der Waals surface area contributed by atoms with Gasteiger partial charge in [0.2, 0.25) is 0 Å². The van der Waals surface area contributed by atoms with Gasteiger partial charge in [0.25, 0.3) is 0 Å². The van der Waals surface area contributed by atoms with E-state index in [4.69, 9.17) is 4.74 Å². The van der Waals surface area contributed by atoms with E-state index in [9.17, 15) is 9.90 Å². The molecule has 0 aliphatic heterocycles. The predicted octanol–water partition coefficient (Wildman–Crippen LogP) is 5.52. The summed E-state index contributed by atoms with van der Waals surface area (Å²) in [5.41, 5.74) is 1.86. The molecule has 1 atom stereocenters. The fourth-order valence-corrected chi connectivity index (χ4v) is 2.79. The third kappa shape index (κ3) is 7.37. The first-order chi connectivity index (χ1) is 11.2. The molecule has 0 saturated carbocycles. The lowest BCUT2D eigenvalue weighted by Crippen LogP contribution is -2.15. The summed E-state index contributed by atoms with van der Waals surface area (Å²) in [7, 11) is 0. The van der Waals surface area contributed by atoms with E-state index in [-0.39, 0.29) is 17.5 Å². The van der Waals surface area contributed by atoms with Gasteiger partial charge in [-0.25, -0.2) is 0 Å². The molecule has 1 aromatic rings. The Hall–Kier alpha value is -1.51. The Balaban J connectivity index is 2.44. The summed E-state index contributed by atoms with van der Waals surface area (Å²) in [6.45, 7) is 10.4. The van der Waals surface area contributed by atoms with E-state index in [0.29, 0.717) is 18.6 Å². The molecule has 0 saturated heterocycles. The zero-order valence-electron chi connectivity index (χ0n) is 16.0. The monoisotopic (exact) mass is 334 g/mol. The molecular weight excluding hydrogens is 300 g/mol. The summed E-state index contributed by atoms with van der Waals surface area (Å²) in [6, 6.07) is 5.60. The summed E-state index contributed by atoms with van der Waals surface area (Å²) in [5, 5.41) is 10.00. The number of aromatic hydroxyl groups is 1. The lowest BCUT2D eigenvalue weighted by Gasteiger charge is -2.21. The SMILES string of the molecule is CCCCCCC(C)OC(=O)CCc1ccc(O)c(C(C)(C)C)c1. The maximum Gasteiger partial charge on any atom is 0.306 e.